The quantitative estimate of drug-likeness (QED) is 0.340. The maximum atomic E-state index is 10.9. The van der Waals surface area contributed by atoms with Crippen LogP contribution in [0.4, 0.5) is 0 Å². The largest absolute Gasteiger partial charge is 0.342 e. The molecule has 18 heavy (non-hydrogen) atoms. The second-order valence-electron chi connectivity index (χ2n) is 4.64. The number of nitrogens with one attached hydrogen (secondary N) is 1. The van der Waals surface area contributed by atoms with E-state index in [1.54, 1.807) is 4.90 Å². The highest BCUT2D eigenvalue weighted by atomic mass is 31.0. The molecule has 0 aromatic carbocycles. The molecule has 1 N–H and O–H groups in total. The summed E-state index contributed by atoms with van der Waals surface area (Å²) in [4.78, 5) is 14.9. The van der Waals surface area contributed by atoms with Gasteiger partial charge in [-0.2, -0.15) is 0 Å². The third-order valence-electron chi connectivity index (χ3n) is 3.70. The summed E-state index contributed by atoms with van der Waals surface area (Å²) in [7, 11) is 6.64. The lowest BCUT2D eigenvalue weighted by atomic mass is 9.87. The van der Waals surface area contributed by atoms with Crippen LogP contribution in [-0.2, 0) is 4.79 Å². The number of β-lactam (4-membered cyclic amide) rings is 1. The summed E-state index contributed by atoms with van der Waals surface area (Å²) in [5.41, 5.74) is 0. The van der Waals surface area contributed by atoms with Crippen molar-refractivity contribution >= 4 is 30.6 Å². The summed E-state index contributed by atoms with van der Waals surface area (Å²) in [5.74, 6) is 1.57. The molecule has 2 rings (SSSR count). The number of hydrogen-bond donors (Lipinski definition) is 1. The van der Waals surface area contributed by atoms with E-state index in [9.17, 15) is 4.79 Å². The van der Waals surface area contributed by atoms with Crippen molar-refractivity contribution in [3.05, 3.63) is 0 Å². The summed E-state index contributed by atoms with van der Waals surface area (Å²) in [5, 5.41) is 2.93. The fraction of sp³-hybridized carbons (Fsp3) is 0.818. The molecule has 2 fully saturated rings. The van der Waals surface area contributed by atoms with Crippen LogP contribution < -0.4 is 5.09 Å². The second kappa shape index (κ2) is 7.25. The van der Waals surface area contributed by atoms with Gasteiger partial charge in [-0.1, -0.05) is 6.92 Å². The van der Waals surface area contributed by atoms with Crippen LogP contribution in [0.5, 0.6) is 0 Å². The van der Waals surface area contributed by atoms with Gasteiger partial charge in [0.2, 0.25) is 5.91 Å². The van der Waals surface area contributed by atoms with Gasteiger partial charge in [-0.25, -0.2) is 4.76 Å². The van der Waals surface area contributed by atoms with Crippen LogP contribution in [0.3, 0.4) is 0 Å². The van der Waals surface area contributed by atoms with Crippen molar-refractivity contribution in [1.82, 2.24) is 14.9 Å². The summed E-state index contributed by atoms with van der Waals surface area (Å²) in [6, 6.07) is 0.475. The van der Waals surface area contributed by atoms with Gasteiger partial charge in [0.25, 0.3) is 0 Å². The molecule has 0 radical (unpaired) electrons. The summed E-state index contributed by atoms with van der Waals surface area (Å²) >= 11 is 0. The Balaban J connectivity index is 0.000000180. The minimum atomic E-state index is 0.310. The molecule has 4 unspecified atom stereocenters. The molecule has 4 atom stereocenters. The molecule has 2 aliphatic rings. The number of likely N-dealkylation sites (tertiary alicyclic amines) is 2. The van der Waals surface area contributed by atoms with E-state index in [-0.39, 0.29) is 0 Å². The monoisotopic (exact) mass is 290 g/mol. The molecule has 0 aliphatic carbocycles. The van der Waals surface area contributed by atoms with Crippen LogP contribution in [0.2, 0.25) is 0 Å². The Hall–Kier alpha value is -0.400. The molecule has 1 amide bonds. The number of amides is 1. The van der Waals surface area contributed by atoms with Crippen LogP contribution in [0.1, 0.15) is 26.7 Å². The number of guanidine groups is 1. The van der Waals surface area contributed by atoms with Crippen molar-refractivity contribution in [2.75, 3.05) is 20.1 Å². The smallest absolute Gasteiger partial charge is 0.227 e. The normalized spacial score (nSPS) is 26.9. The SMILES string of the molecule is CCC1C(=O)N(C)C1C.PN=C(NP)N1CCC1. The molecule has 5 nitrogen and oxygen atoms in total. The molecule has 7 heteroatoms. The van der Waals surface area contributed by atoms with Crippen LogP contribution >= 0.6 is 18.8 Å². The zero-order chi connectivity index (χ0) is 13.7. The zero-order valence-corrected chi connectivity index (χ0v) is 13.7. The first kappa shape index (κ1) is 15.7. The van der Waals surface area contributed by atoms with E-state index in [2.05, 4.69) is 47.4 Å². The van der Waals surface area contributed by atoms with E-state index >= 15 is 0 Å². The Bertz CT molecular complexity index is 320. The lowest BCUT2D eigenvalue weighted by Crippen LogP contribution is -2.56. The number of hydrogen-bond acceptors (Lipinski definition) is 2. The number of carbonyl (C=O) groups excluding carboxylic acids is 1. The predicted octanol–water partition coefficient (Wildman–Crippen LogP) is 1.09. The highest BCUT2D eigenvalue weighted by Gasteiger charge is 2.39. The van der Waals surface area contributed by atoms with Gasteiger partial charge in [0.15, 0.2) is 5.96 Å². The first-order valence-corrected chi connectivity index (χ1v) is 7.42. The molecule has 0 spiro atoms. The van der Waals surface area contributed by atoms with E-state index < -0.39 is 0 Å². The highest BCUT2D eigenvalue weighted by Crippen LogP contribution is 2.26. The Morgan fingerprint density at radius 3 is 2.33 bits per heavy atom. The Morgan fingerprint density at radius 2 is 2.17 bits per heavy atom. The van der Waals surface area contributed by atoms with Gasteiger partial charge in [-0.05, 0) is 38.5 Å². The lowest BCUT2D eigenvalue weighted by Gasteiger charge is -2.42. The van der Waals surface area contributed by atoms with Crippen molar-refractivity contribution in [3.8, 4) is 0 Å². The third-order valence-corrected chi connectivity index (χ3v) is 4.21. The summed E-state index contributed by atoms with van der Waals surface area (Å²) < 4.78 is 3.96. The average molecular weight is 290 g/mol. The predicted molar refractivity (Wildman–Crippen MR) is 82.2 cm³/mol. The summed E-state index contributed by atoms with van der Waals surface area (Å²) in [6.45, 7) is 6.42. The number of rotatable bonds is 1. The van der Waals surface area contributed by atoms with Gasteiger partial charge in [-0.15, -0.1) is 0 Å². The first-order chi connectivity index (χ1) is 8.56. The standard InChI is InChI=1S/C7H13NO.C4H11N3P2/c1-4-6-5(2)8(3)7(6)9;8-5-4(6-9)7-2-1-3-7/h5-6H,4H2,1-3H3;1-3,8-9H2,(H,5,6). The van der Waals surface area contributed by atoms with Gasteiger partial charge >= 0.3 is 0 Å². The third kappa shape index (κ3) is 3.33. The second-order valence-corrected chi connectivity index (χ2v) is 5.19. The molecular formula is C11H24N4OP2. The molecule has 2 saturated heterocycles. The van der Waals surface area contributed by atoms with E-state index in [4.69, 9.17) is 0 Å². The fourth-order valence-electron chi connectivity index (χ4n) is 2.11. The Morgan fingerprint density at radius 1 is 1.56 bits per heavy atom. The van der Waals surface area contributed by atoms with Crippen molar-refractivity contribution < 1.29 is 4.79 Å². The minimum absolute atomic E-state index is 0.310. The molecular weight excluding hydrogens is 266 g/mol. The molecule has 0 aromatic rings. The van der Waals surface area contributed by atoms with Crippen LogP contribution in [0, 0.1) is 5.92 Å². The van der Waals surface area contributed by atoms with Gasteiger partial charge < -0.3 is 14.9 Å². The number of nitrogens with zero attached hydrogens (tertiary/aromatic N) is 3. The van der Waals surface area contributed by atoms with Gasteiger partial charge in [0.05, 0.1) is 5.92 Å². The van der Waals surface area contributed by atoms with E-state index in [1.807, 2.05) is 7.05 Å². The van der Waals surface area contributed by atoms with Crippen molar-refractivity contribution in [2.24, 2.45) is 10.7 Å². The molecule has 2 aliphatic heterocycles. The molecule has 0 bridgehead atoms. The molecule has 2 heterocycles. The average Bonchev–Trinajstić information content (AvgIpc) is 2.34. The Kier molecular flexibility index (Phi) is 6.31. The van der Waals surface area contributed by atoms with E-state index in [0.717, 1.165) is 25.5 Å². The zero-order valence-electron chi connectivity index (χ0n) is 11.4. The van der Waals surface area contributed by atoms with Crippen LogP contribution in [-0.4, -0.2) is 47.8 Å². The van der Waals surface area contributed by atoms with Crippen LogP contribution in [0.15, 0.2) is 4.76 Å². The van der Waals surface area contributed by atoms with Crippen molar-refractivity contribution in [2.45, 2.75) is 32.7 Å². The van der Waals surface area contributed by atoms with Crippen LogP contribution in [0.25, 0.3) is 0 Å². The maximum Gasteiger partial charge on any atom is 0.227 e. The maximum absolute atomic E-state index is 10.9. The molecule has 0 saturated carbocycles. The van der Waals surface area contributed by atoms with Gasteiger partial charge in [0.1, 0.15) is 0 Å². The molecule has 0 aromatic heterocycles. The van der Waals surface area contributed by atoms with Crippen molar-refractivity contribution in [1.29, 1.82) is 0 Å². The lowest BCUT2D eigenvalue weighted by molar-refractivity contribution is -0.152. The van der Waals surface area contributed by atoms with Gasteiger partial charge in [0, 0.05) is 26.2 Å². The Labute approximate surface area is 114 Å². The topological polar surface area (TPSA) is 47.9 Å². The highest BCUT2D eigenvalue weighted by molar-refractivity contribution is 7.17. The minimum Gasteiger partial charge on any atom is -0.342 e. The number of carbonyl (C=O) groups is 1. The van der Waals surface area contributed by atoms with Crippen molar-refractivity contribution in [3.63, 3.8) is 0 Å². The van der Waals surface area contributed by atoms with E-state index in [0.29, 0.717) is 17.9 Å². The first-order valence-electron chi connectivity index (χ1n) is 6.32. The molecule has 104 valence electrons. The fourth-order valence-corrected chi connectivity index (χ4v) is 2.75. The summed E-state index contributed by atoms with van der Waals surface area (Å²) in [6.07, 6.45) is 2.28. The van der Waals surface area contributed by atoms with E-state index in [1.165, 1.54) is 6.42 Å². The van der Waals surface area contributed by atoms with Gasteiger partial charge in [-0.3, -0.25) is 4.79 Å².